The minimum absolute atomic E-state index is 0.0576. The van der Waals surface area contributed by atoms with Crippen molar-refractivity contribution in [2.45, 2.75) is 18.9 Å². The number of aromatic amines is 2. The van der Waals surface area contributed by atoms with Crippen LogP contribution in [0.1, 0.15) is 19.4 Å². The summed E-state index contributed by atoms with van der Waals surface area (Å²) < 4.78 is 10.7. The van der Waals surface area contributed by atoms with E-state index < -0.39 is 22.1 Å². The van der Waals surface area contributed by atoms with Crippen molar-refractivity contribution in [3.63, 3.8) is 0 Å². The first kappa shape index (κ1) is 22.6. The number of H-pyrrole nitrogens is 2. The molecule has 14 heteroatoms. The first-order chi connectivity index (χ1) is 14.3. The van der Waals surface area contributed by atoms with Gasteiger partial charge in [0.1, 0.15) is 5.75 Å². The Hall–Kier alpha value is -3.68. The zero-order chi connectivity index (χ0) is 22.1. The molecule has 0 aliphatic heterocycles. The van der Waals surface area contributed by atoms with Crippen LogP contribution in [0.5, 0.6) is 11.5 Å². The average molecular weight is 438 g/mol. The number of nitrogens with one attached hydrogen (secondary N) is 3. The number of hydrazone groups is 1. The summed E-state index contributed by atoms with van der Waals surface area (Å²) in [7, 11) is 0. The zero-order valence-electron chi connectivity index (χ0n) is 16.0. The third-order valence-electron chi connectivity index (χ3n) is 3.30. The minimum Gasteiger partial charge on any atom is -0.493 e. The fourth-order valence-electron chi connectivity index (χ4n) is 2.14. The predicted octanol–water partition coefficient (Wildman–Crippen LogP) is 0.406. The fourth-order valence-corrected chi connectivity index (χ4v) is 2.76. The van der Waals surface area contributed by atoms with Crippen LogP contribution < -0.4 is 26.1 Å². The number of rotatable bonds is 10. The number of nitro groups is 1. The minimum atomic E-state index is -0.757. The Kier molecular flexibility index (Phi) is 8.10. The average Bonchev–Trinajstić information content (AvgIpc) is 2.69. The van der Waals surface area contributed by atoms with Crippen molar-refractivity contribution in [1.29, 1.82) is 0 Å². The van der Waals surface area contributed by atoms with E-state index in [0.717, 1.165) is 11.8 Å². The van der Waals surface area contributed by atoms with Gasteiger partial charge in [-0.25, -0.2) is 15.3 Å². The number of hydrogen-bond acceptors (Lipinski definition) is 10. The summed E-state index contributed by atoms with van der Waals surface area (Å²) in [6, 6.07) is 2.61. The number of hydrogen-bond donors (Lipinski definition) is 3. The van der Waals surface area contributed by atoms with Crippen molar-refractivity contribution in [3.05, 3.63) is 48.6 Å². The lowest BCUT2D eigenvalue weighted by atomic mass is 10.1. The molecule has 0 bridgehead atoms. The standard InChI is InChI=1S/C16H18N6O7S/c1-3-28-11-6-12(29-4-2)10(22(26)27)5-9(11)7-17-19-13(23)8-30-15-14(24)18-16(25)21-20-15/h5-7H,3-4,8H2,1-2H3,(H,19,23)(H2,18,21,24,25)/b17-7+. The van der Waals surface area contributed by atoms with Gasteiger partial charge in [0.2, 0.25) is 11.7 Å². The Labute approximate surface area is 173 Å². The summed E-state index contributed by atoms with van der Waals surface area (Å²) in [5, 5.41) is 20.5. The van der Waals surface area contributed by atoms with E-state index in [-0.39, 0.29) is 34.4 Å². The van der Waals surface area contributed by atoms with E-state index in [2.05, 4.69) is 20.7 Å². The van der Waals surface area contributed by atoms with Crippen molar-refractivity contribution < 1.29 is 19.2 Å². The first-order valence-corrected chi connectivity index (χ1v) is 9.56. The van der Waals surface area contributed by atoms with Gasteiger partial charge in [-0.05, 0) is 13.8 Å². The lowest BCUT2D eigenvalue weighted by Gasteiger charge is -2.10. The topological polar surface area (TPSA) is 182 Å². The Morgan fingerprint density at radius 2 is 2.00 bits per heavy atom. The van der Waals surface area contributed by atoms with Gasteiger partial charge in [0.15, 0.2) is 5.03 Å². The molecule has 2 rings (SSSR count). The highest BCUT2D eigenvalue weighted by Gasteiger charge is 2.19. The fraction of sp³-hybridized carbons (Fsp3) is 0.312. The molecule has 0 saturated carbocycles. The van der Waals surface area contributed by atoms with E-state index in [9.17, 15) is 24.5 Å². The number of nitrogens with zero attached hydrogens (tertiary/aromatic N) is 3. The molecule has 0 spiro atoms. The molecule has 1 amide bonds. The molecule has 3 N–H and O–H groups in total. The van der Waals surface area contributed by atoms with Gasteiger partial charge in [0, 0.05) is 17.7 Å². The van der Waals surface area contributed by atoms with Gasteiger partial charge in [-0.1, -0.05) is 11.8 Å². The zero-order valence-corrected chi connectivity index (χ0v) is 16.8. The number of benzene rings is 1. The number of nitro benzene ring substituents is 1. The SMILES string of the molecule is CCOc1cc(OCC)c([N+](=O)[O-])cc1/C=N/NC(=O)CSc1n[nH]c(=O)[nH]c1=O. The number of carbonyl (C=O) groups is 1. The van der Waals surface area contributed by atoms with Gasteiger partial charge in [0.05, 0.1) is 30.1 Å². The largest absolute Gasteiger partial charge is 0.493 e. The van der Waals surface area contributed by atoms with Gasteiger partial charge in [-0.3, -0.25) is 24.7 Å². The summed E-state index contributed by atoms with van der Waals surface area (Å²) in [5.74, 6) is -0.423. The predicted molar refractivity (Wildman–Crippen MR) is 107 cm³/mol. The van der Waals surface area contributed by atoms with Crippen LogP contribution in [-0.2, 0) is 4.79 Å². The number of thioether (sulfide) groups is 1. The first-order valence-electron chi connectivity index (χ1n) is 8.57. The molecule has 0 saturated heterocycles. The van der Waals surface area contributed by atoms with E-state index in [4.69, 9.17) is 9.47 Å². The molecule has 0 fully saturated rings. The van der Waals surface area contributed by atoms with Crippen molar-refractivity contribution in [2.24, 2.45) is 5.10 Å². The molecule has 0 aliphatic carbocycles. The van der Waals surface area contributed by atoms with Crippen LogP contribution in [0.25, 0.3) is 0 Å². The van der Waals surface area contributed by atoms with Crippen molar-refractivity contribution in [2.75, 3.05) is 19.0 Å². The number of ether oxygens (including phenoxy) is 2. The number of carbonyl (C=O) groups excluding carboxylic acids is 1. The van der Waals surface area contributed by atoms with Crippen molar-refractivity contribution in [1.82, 2.24) is 20.6 Å². The Bertz CT molecular complexity index is 1060. The molecule has 0 atom stereocenters. The highest BCUT2D eigenvalue weighted by molar-refractivity contribution is 7.99. The van der Waals surface area contributed by atoms with Crippen LogP contribution in [0.15, 0.2) is 31.8 Å². The number of aromatic nitrogens is 3. The molecule has 0 aliphatic rings. The van der Waals surface area contributed by atoms with Crippen LogP contribution >= 0.6 is 11.8 Å². The van der Waals surface area contributed by atoms with E-state index in [1.165, 1.54) is 18.3 Å². The van der Waals surface area contributed by atoms with Crippen molar-refractivity contribution in [3.8, 4) is 11.5 Å². The summed E-state index contributed by atoms with van der Waals surface area (Å²) in [5.41, 5.74) is 0.747. The molecule has 1 heterocycles. The normalized spacial score (nSPS) is 10.7. The molecular formula is C16H18N6O7S. The summed E-state index contributed by atoms with van der Waals surface area (Å²) in [4.78, 5) is 47.0. The van der Waals surface area contributed by atoms with Gasteiger partial charge in [-0.15, -0.1) is 0 Å². The molecule has 2 aromatic rings. The molecule has 0 unspecified atom stereocenters. The van der Waals surface area contributed by atoms with E-state index in [0.29, 0.717) is 12.4 Å². The molecule has 1 aromatic heterocycles. The second-order valence-corrected chi connectivity index (χ2v) is 6.34. The maximum absolute atomic E-state index is 11.9. The second-order valence-electron chi connectivity index (χ2n) is 5.37. The van der Waals surface area contributed by atoms with Crippen LogP contribution in [0, 0.1) is 10.1 Å². The molecule has 13 nitrogen and oxygen atoms in total. The maximum atomic E-state index is 11.9. The number of amides is 1. The Morgan fingerprint density at radius 1 is 1.30 bits per heavy atom. The second kappa shape index (κ2) is 10.8. The van der Waals surface area contributed by atoms with Crippen LogP contribution in [0.2, 0.25) is 0 Å². The molecule has 160 valence electrons. The highest BCUT2D eigenvalue weighted by atomic mass is 32.2. The molecule has 0 radical (unpaired) electrons. The van der Waals surface area contributed by atoms with Gasteiger partial charge < -0.3 is 9.47 Å². The highest BCUT2D eigenvalue weighted by Crippen LogP contribution is 2.34. The monoisotopic (exact) mass is 438 g/mol. The van der Waals surface area contributed by atoms with Gasteiger partial charge in [0.25, 0.3) is 5.56 Å². The Morgan fingerprint density at radius 3 is 2.63 bits per heavy atom. The van der Waals surface area contributed by atoms with E-state index in [1.54, 1.807) is 13.8 Å². The summed E-state index contributed by atoms with van der Waals surface area (Å²) >= 11 is 0.794. The third-order valence-corrected chi connectivity index (χ3v) is 4.26. The van der Waals surface area contributed by atoms with Crippen molar-refractivity contribution >= 4 is 29.6 Å². The molecular weight excluding hydrogens is 420 g/mol. The maximum Gasteiger partial charge on any atom is 0.342 e. The van der Waals surface area contributed by atoms with Crippen LogP contribution in [-0.4, -0.2) is 51.2 Å². The van der Waals surface area contributed by atoms with Gasteiger partial charge >= 0.3 is 11.4 Å². The van der Waals surface area contributed by atoms with Crippen LogP contribution in [0.3, 0.4) is 0 Å². The van der Waals surface area contributed by atoms with Crippen LogP contribution in [0.4, 0.5) is 5.69 Å². The van der Waals surface area contributed by atoms with Gasteiger partial charge in [-0.2, -0.15) is 10.2 Å². The lowest BCUT2D eigenvalue weighted by Crippen LogP contribution is -2.26. The molecule has 30 heavy (non-hydrogen) atoms. The van der Waals surface area contributed by atoms with E-state index >= 15 is 0 Å². The third kappa shape index (κ3) is 6.16. The summed E-state index contributed by atoms with van der Waals surface area (Å²) in [6.07, 6.45) is 1.20. The van der Waals surface area contributed by atoms with E-state index in [1.807, 2.05) is 4.98 Å². The Balaban J connectivity index is 2.10. The molecule has 1 aromatic carbocycles. The summed E-state index contributed by atoms with van der Waals surface area (Å²) in [6.45, 7) is 3.98. The lowest BCUT2D eigenvalue weighted by molar-refractivity contribution is -0.385. The quantitative estimate of drug-likeness (QED) is 0.205. The smallest absolute Gasteiger partial charge is 0.342 e.